The topological polar surface area (TPSA) is 121 Å². The summed E-state index contributed by atoms with van der Waals surface area (Å²) in [6.45, 7) is 4.21. The SMILES string of the molecule is CCCN.CNCCN=Cc1nc2ccc(-c3ccc(OC)cc3)cc2n1Cc1cc([N+](=O)[O-])ccc1F. The van der Waals surface area contributed by atoms with Crippen LogP contribution in [0, 0.1) is 15.9 Å². The molecule has 1 heterocycles. The number of imidazole rings is 1. The standard InChI is InChI=1S/C25H24FN5O3.C3H9N/c1-27-11-12-28-15-25-29-23-10-5-18(17-3-7-21(34-2)8-4-17)14-24(23)30(25)16-19-13-20(31(32)33)6-9-22(19)26;1-2-3-4/h3-10,13-15,27H,11-12,16H2,1-2H3;2-4H2,1H3. The number of ether oxygens (including phenoxy) is 1. The highest BCUT2D eigenvalue weighted by molar-refractivity contribution is 5.88. The van der Waals surface area contributed by atoms with E-state index in [1.807, 2.05) is 54.1 Å². The molecule has 0 radical (unpaired) electrons. The molecule has 0 fully saturated rings. The van der Waals surface area contributed by atoms with Gasteiger partial charge in [0.05, 0.1) is 42.4 Å². The van der Waals surface area contributed by atoms with Crippen molar-refractivity contribution in [1.82, 2.24) is 14.9 Å². The number of rotatable bonds is 10. The van der Waals surface area contributed by atoms with E-state index in [-0.39, 0.29) is 17.8 Å². The Labute approximate surface area is 221 Å². The number of aromatic nitrogens is 2. The number of nitrogens with one attached hydrogen (secondary N) is 1. The van der Waals surface area contributed by atoms with Gasteiger partial charge in [-0.1, -0.05) is 25.1 Å². The molecular weight excluding hydrogens is 487 g/mol. The Morgan fingerprint density at radius 3 is 2.50 bits per heavy atom. The van der Waals surface area contributed by atoms with E-state index < -0.39 is 10.7 Å². The number of nitro benzene ring substituents is 1. The predicted molar refractivity (Wildman–Crippen MR) is 150 cm³/mol. The van der Waals surface area contributed by atoms with E-state index in [1.54, 1.807) is 13.3 Å². The zero-order chi connectivity index (χ0) is 27.5. The molecule has 0 aliphatic rings. The maximum atomic E-state index is 14.6. The van der Waals surface area contributed by atoms with Gasteiger partial charge in [-0.3, -0.25) is 15.1 Å². The van der Waals surface area contributed by atoms with Crippen LogP contribution in [0.3, 0.4) is 0 Å². The molecule has 0 saturated carbocycles. The summed E-state index contributed by atoms with van der Waals surface area (Å²) in [6.07, 6.45) is 2.75. The van der Waals surface area contributed by atoms with Crippen molar-refractivity contribution in [1.29, 1.82) is 0 Å². The van der Waals surface area contributed by atoms with Gasteiger partial charge in [-0.2, -0.15) is 0 Å². The van der Waals surface area contributed by atoms with Gasteiger partial charge in [0.1, 0.15) is 11.6 Å². The zero-order valence-electron chi connectivity index (χ0n) is 21.9. The van der Waals surface area contributed by atoms with E-state index in [0.29, 0.717) is 18.9 Å². The quantitative estimate of drug-likeness (QED) is 0.134. The monoisotopic (exact) mass is 520 g/mol. The molecule has 3 N–H and O–H groups in total. The lowest BCUT2D eigenvalue weighted by molar-refractivity contribution is -0.385. The van der Waals surface area contributed by atoms with Gasteiger partial charge < -0.3 is 20.4 Å². The van der Waals surface area contributed by atoms with E-state index in [0.717, 1.165) is 53.0 Å². The van der Waals surface area contributed by atoms with Crippen molar-refractivity contribution in [2.75, 3.05) is 33.8 Å². The first-order chi connectivity index (χ1) is 18.4. The van der Waals surface area contributed by atoms with E-state index in [4.69, 9.17) is 10.5 Å². The van der Waals surface area contributed by atoms with Crippen LogP contribution >= 0.6 is 0 Å². The average Bonchev–Trinajstić information content (AvgIpc) is 3.28. The number of fused-ring (bicyclic) bond motifs is 1. The molecule has 0 aliphatic carbocycles. The predicted octanol–water partition coefficient (Wildman–Crippen LogP) is 4.80. The third-order valence-electron chi connectivity index (χ3n) is 5.76. The van der Waals surface area contributed by atoms with Gasteiger partial charge >= 0.3 is 0 Å². The zero-order valence-corrected chi connectivity index (χ0v) is 21.9. The number of halogens is 1. The Bertz CT molecular complexity index is 1380. The number of likely N-dealkylation sites (N-methyl/N-ethyl adjacent to an activating group) is 1. The highest BCUT2D eigenvalue weighted by Gasteiger charge is 2.16. The molecule has 200 valence electrons. The minimum atomic E-state index is -0.531. The van der Waals surface area contributed by atoms with Crippen LogP contribution in [0.5, 0.6) is 5.75 Å². The number of nitrogens with zero attached hydrogens (tertiary/aromatic N) is 4. The number of nitrogens with two attached hydrogens (primary N) is 1. The first-order valence-corrected chi connectivity index (χ1v) is 12.3. The number of non-ortho nitro benzene ring substituents is 1. The lowest BCUT2D eigenvalue weighted by Gasteiger charge is -2.10. The summed E-state index contributed by atoms with van der Waals surface area (Å²) in [5.41, 5.74) is 8.50. The van der Waals surface area contributed by atoms with Crippen molar-refractivity contribution in [2.24, 2.45) is 10.7 Å². The third-order valence-corrected chi connectivity index (χ3v) is 5.76. The maximum absolute atomic E-state index is 14.6. The Morgan fingerprint density at radius 2 is 1.87 bits per heavy atom. The molecule has 4 rings (SSSR count). The average molecular weight is 521 g/mol. The van der Waals surface area contributed by atoms with Gasteiger partial charge in [0, 0.05) is 24.2 Å². The van der Waals surface area contributed by atoms with Gasteiger partial charge in [0.15, 0.2) is 5.82 Å². The molecule has 0 unspecified atom stereocenters. The van der Waals surface area contributed by atoms with Crippen LogP contribution in [0.25, 0.3) is 22.2 Å². The molecule has 38 heavy (non-hydrogen) atoms. The Morgan fingerprint density at radius 1 is 1.16 bits per heavy atom. The normalized spacial score (nSPS) is 11.0. The summed E-state index contributed by atoms with van der Waals surface area (Å²) in [5.74, 6) is 0.789. The molecule has 0 amide bonds. The number of benzene rings is 3. The van der Waals surface area contributed by atoms with Crippen LogP contribution in [-0.4, -0.2) is 54.5 Å². The summed E-state index contributed by atoms with van der Waals surface area (Å²) in [7, 11) is 3.46. The fraction of sp³-hybridized carbons (Fsp3) is 0.286. The molecule has 3 aromatic carbocycles. The Hall–Kier alpha value is -4.15. The summed E-state index contributed by atoms with van der Waals surface area (Å²) < 4.78 is 21.7. The first kappa shape index (κ1) is 28.4. The van der Waals surface area contributed by atoms with Crippen molar-refractivity contribution >= 4 is 22.9 Å². The second-order valence-electron chi connectivity index (χ2n) is 8.45. The fourth-order valence-corrected chi connectivity index (χ4v) is 3.66. The van der Waals surface area contributed by atoms with Crippen molar-refractivity contribution in [3.8, 4) is 16.9 Å². The third kappa shape index (κ3) is 7.21. The summed E-state index contributed by atoms with van der Waals surface area (Å²) >= 11 is 0. The van der Waals surface area contributed by atoms with Crippen LogP contribution in [0.15, 0.2) is 65.7 Å². The van der Waals surface area contributed by atoms with E-state index >= 15 is 0 Å². The number of methoxy groups -OCH3 is 1. The number of hydrogen-bond acceptors (Lipinski definition) is 7. The molecule has 0 atom stereocenters. The van der Waals surface area contributed by atoms with Crippen molar-refractivity contribution in [2.45, 2.75) is 19.9 Å². The Balaban J connectivity index is 0.000000934. The van der Waals surface area contributed by atoms with Crippen LogP contribution in [0.4, 0.5) is 10.1 Å². The van der Waals surface area contributed by atoms with Crippen molar-refractivity contribution in [3.05, 3.63) is 88.0 Å². The van der Waals surface area contributed by atoms with Crippen LogP contribution in [0.2, 0.25) is 0 Å². The van der Waals surface area contributed by atoms with E-state index in [2.05, 4.69) is 22.2 Å². The lowest BCUT2D eigenvalue weighted by atomic mass is 10.0. The molecule has 0 aliphatic heterocycles. The maximum Gasteiger partial charge on any atom is 0.269 e. The van der Waals surface area contributed by atoms with E-state index in [9.17, 15) is 14.5 Å². The number of nitro groups is 1. The summed E-state index contributed by atoms with van der Waals surface area (Å²) in [6, 6.07) is 17.1. The minimum Gasteiger partial charge on any atom is -0.497 e. The van der Waals surface area contributed by atoms with Gasteiger partial charge in [-0.15, -0.1) is 0 Å². The second-order valence-corrected chi connectivity index (χ2v) is 8.45. The molecule has 0 spiro atoms. The van der Waals surface area contributed by atoms with Gasteiger partial charge in [0.25, 0.3) is 5.69 Å². The molecule has 10 heteroatoms. The minimum absolute atomic E-state index is 0.0729. The molecule has 4 aromatic rings. The van der Waals surface area contributed by atoms with Crippen molar-refractivity contribution in [3.63, 3.8) is 0 Å². The highest BCUT2D eigenvalue weighted by atomic mass is 19.1. The Kier molecular flexibility index (Phi) is 10.4. The van der Waals surface area contributed by atoms with E-state index in [1.165, 1.54) is 6.07 Å². The molecule has 0 saturated heterocycles. The molecule has 1 aromatic heterocycles. The van der Waals surface area contributed by atoms with Crippen LogP contribution in [0.1, 0.15) is 24.7 Å². The van der Waals surface area contributed by atoms with Crippen LogP contribution in [-0.2, 0) is 6.54 Å². The largest absolute Gasteiger partial charge is 0.497 e. The van der Waals surface area contributed by atoms with Gasteiger partial charge in [-0.25, -0.2) is 9.37 Å². The molecular formula is C28H33FN6O3. The summed E-state index contributed by atoms with van der Waals surface area (Å²) in [5, 5.41) is 14.3. The molecule has 0 bridgehead atoms. The first-order valence-electron chi connectivity index (χ1n) is 12.3. The lowest BCUT2D eigenvalue weighted by Crippen LogP contribution is -2.11. The van der Waals surface area contributed by atoms with Crippen molar-refractivity contribution < 1.29 is 14.1 Å². The second kappa shape index (κ2) is 14.0. The summed E-state index contributed by atoms with van der Waals surface area (Å²) in [4.78, 5) is 19.8. The number of aliphatic imine (C=N–C) groups is 1. The van der Waals surface area contributed by atoms with Gasteiger partial charge in [-0.05, 0) is 61.5 Å². The highest BCUT2D eigenvalue weighted by Crippen LogP contribution is 2.28. The fourth-order valence-electron chi connectivity index (χ4n) is 3.66. The molecule has 9 nitrogen and oxygen atoms in total. The van der Waals surface area contributed by atoms with Crippen LogP contribution < -0.4 is 15.8 Å². The van der Waals surface area contributed by atoms with Gasteiger partial charge in [0.2, 0.25) is 0 Å². The smallest absolute Gasteiger partial charge is 0.269 e. The number of hydrogen-bond donors (Lipinski definition) is 2.